The minimum absolute atomic E-state index is 0.169. The van der Waals surface area contributed by atoms with Gasteiger partial charge in [-0.15, -0.1) is 10.2 Å². The predicted octanol–water partition coefficient (Wildman–Crippen LogP) is 1.63. The SMILES string of the molecule is Cc1cc(C)c(S(=O)(=O)NCc2nnc3n2CCC3)c(C)c1. The molecule has 0 amide bonds. The average Bonchev–Trinajstić information content (AvgIpc) is 2.97. The summed E-state index contributed by atoms with van der Waals surface area (Å²) < 4.78 is 29.9. The highest BCUT2D eigenvalue weighted by molar-refractivity contribution is 7.89. The van der Waals surface area contributed by atoms with E-state index in [1.165, 1.54) is 0 Å². The lowest BCUT2D eigenvalue weighted by atomic mass is 10.1. The Morgan fingerprint density at radius 2 is 1.86 bits per heavy atom. The fraction of sp³-hybridized carbons (Fsp3) is 0.467. The molecule has 1 aliphatic rings. The second kappa shape index (κ2) is 5.48. The number of aromatic nitrogens is 3. The van der Waals surface area contributed by atoms with Crippen molar-refractivity contribution >= 4 is 10.0 Å². The van der Waals surface area contributed by atoms with E-state index in [-0.39, 0.29) is 6.54 Å². The summed E-state index contributed by atoms with van der Waals surface area (Å²) >= 11 is 0. The van der Waals surface area contributed by atoms with Crippen LogP contribution >= 0.6 is 0 Å². The number of nitrogens with one attached hydrogen (secondary N) is 1. The Balaban J connectivity index is 1.85. The van der Waals surface area contributed by atoms with Crippen LogP contribution in [0.1, 0.15) is 34.8 Å². The molecule has 3 rings (SSSR count). The Hall–Kier alpha value is -1.73. The van der Waals surface area contributed by atoms with Crippen LogP contribution in [0.15, 0.2) is 17.0 Å². The fourth-order valence-electron chi connectivity index (χ4n) is 3.16. The largest absolute Gasteiger partial charge is 0.314 e. The van der Waals surface area contributed by atoms with Crippen LogP contribution in [0.2, 0.25) is 0 Å². The maximum atomic E-state index is 12.6. The number of benzene rings is 1. The van der Waals surface area contributed by atoms with E-state index in [9.17, 15) is 8.42 Å². The van der Waals surface area contributed by atoms with Gasteiger partial charge in [0.25, 0.3) is 0 Å². The summed E-state index contributed by atoms with van der Waals surface area (Å²) in [7, 11) is -3.56. The zero-order valence-electron chi connectivity index (χ0n) is 13.0. The summed E-state index contributed by atoms with van der Waals surface area (Å²) in [6.07, 6.45) is 1.96. The normalized spacial score (nSPS) is 14.3. The molecule has 6 nitrogen and oxygen atoms in total. The molecule has 0 atom stereocenters. The molecule has 1 aromatic carbocycles. The molecule has 22 heavy (non-hydrogen) atoms. The highest BCUT2D eigenvalue weighted by Gasteiger charge is 2.22. The molecule has 0 saturated heterocycles. The zero-order valence-corrected chi connectivity index (χ0v) is 13.9. The molecule has 1 aromatic heterocycles. The lowest BCUT2D eigenvalue weighted by Crippen LogP contribution is -2.26. The van der Waals surface area contributed by atoms with Gasteiger partial charge in [-0.25, -0.2) is 13.1 Å². The number of hydrogen-bond acceptors (Lipinski definition) is 4. The van der Waals surface area contributed by atoms with Crippen LogP contribution in [0.3, 0.4) is 0 Å². The number of nitrogens with zero attached hydrogens (tertiary/aromatic N) is 3. The molecule has 2 heterocycles. The van der Waals surface area contributed by atoms with Gasteiger partial charge in [0, 0.05) is 13.0 Å². The number of hydrogen-bond donors (Lipinski definition) is 1. The molecule has 0 saturated carbocycles. The van der Waals surface area contributed by atoms with Crippen molar-refractivity contribution in [2.24, 2.45) is 0 Å². The van der Waals surface area contributed by atoms with Crippen molar-refractivity contribution in [1.29, 1.82) is 0 Å². The van der Waals surface area contributed by atoms with Crippen molar-refractivity contribution in [3.05, 3.63) is 40.5 Å². The van der Waals surface area contributed by atoms with Crippen molar-refractivity contribution in [3.8, 4) is 0 Å². The minimum atomic E-state index is -3.56. The van der Waals surface area contributed by atoms with Gasteiger partial charge < -0.3 is 4.57 Å². The average molecular weight is 320 g/mol. The summed E-state index contributed by atoms with van der Waals surface area (Å²) in [5.74, 6) is 1.62. The molecule has 1 N–H and O–H groups in total. The zero-order chi connectivity index (χ0) is 15.9. The van der Waals surface area contributed by atoms with E-state index in [1.807, 2.05) is 37.5 Å². The molecule has 0 spiro atoms. The molecular weight excluding hydrogens is 300 g/mol. The first-order valence-corrected chi connectivity index (χ1v) is 8.85. The smallest absolute Gasteiger partial charge is 0.241 e. The molecule has 2 aromatic rings. The van der Waals surface area contributed by atoms with Gasteiger partial charge in [-0.3, -0.25) is 0 Å². The summed E-state index contributed by atoms with van der Waals surface area (Å²) in [5, 5.41) is 8.17. The van der Waals surface area contributed by atoms with E-state index in [1.54, 1.807) is 0 Å². The van der Waals surface area contributed by atoms with Gasteiger partial charge in [-0.05, 0) is 38.3 Å². The van der Waals surface area contributed by atoms with Crippen LogP contribution in [0, 0.1) is 20.8 Å². The van der Waals surface area contributed by atoms with Crippen LogP contribution < -0.4 is 4.72 Å². The predicted molar refractivity (Wildman–Crippen MR) is 83.0 cm³/mol. The van der Waals surface area contributed by atoms with Crippen LogP contribution in [0.25, 0.3) is 0 Å². The van der Waals surface area contributed by atoms with E-state index in [0.717, 1.165) is 41.9 Å². The fourth-order valence-corrected chi connectivity index (χ4v) is 4.59. The third-order valence-electron chi connectivity index (χ3n) is 3.98. The van der Waals surface area contributed by atoms with Gasteiger partial charge in [0.2, 0.25) is 10.0 Å². The third-order valence-corrected chi connectivity index (χ3v) is 5.69. The first-order valence-electron chi connectivity index (χ1n) is 7.37. The molecule has 0 bridgehead atoms. The Labute approximate surface area is 130 Å². The second-order valence-electron chi connectivity index (χ2n) is 5.84. The highest BCUT2D eigenvalue weighted by Crippen LogP contribution is 2.22. The van der Waals surface area contributed by atoms with Crippen LogP contribution in [0.4, 0.5) is 0 Å². The number of rotatable bonds is 4. The van der Waals surface area contributed by atoms with Crippen LogP contribution in [-0.2, 0) is 29.5 Å². The Bertz CT molecular complexity index is 801. The lowest BCUT2D eigenvalue weighted by Gasteiger charge is -2.13. The molecule has 0 unspecified atom stereocenters. The second-order valence-corrected chi connectivity index (χ2v) is 7.54. The summed E-state index contributed by atoms with van der Waals surface area (Å²) in [5.41, 5.74) is 2.58. The maximum Gasteiger partial charge on any atom is 0.241 e. The van der Waals surface area contributed by atoms with E-state index >= 15 is 0 Å². The molecule has 0 fully saturated rings. The van der Waals surface area contributed by atoms with E-state index in [2.05, 4.69) is 14.9 Å². The topological polar surface area (TPSA) is 76.9 Å². The Morgan fingerprint density at radius 1 is 1.18 bits per heavy atom. The van der Waals surface area contributed by atoms with Crippen molar-refractivity contribution in [3.63, 3.8) is 0 Å². The standard InChI is InChI=1S/C15H20N4O2S/c1-10-7-11(2)15(12(3)8-10)22(20,21)16-9-14-18-17-13-5-4-6-19(13)14/h7-8,16H,4-6,9H2,1-3H3. The summed E-state index contributed by atoms with van der Waals surface area (Å²) in [6.45, 7) is 6.64. The van der Waals surface area contributed by atoms with E-state index in [4.69, 9.17) is 0 Å². The summed E-state index contributed by atoms with van der Waals surface area (Å²) in [6, 6.07) is 3.77. The van der Waals surface area contributed by atoms with Crippen LogP contribution in [0.5, 0.6) is 0 Å². The molecule has 118 valence electrons. The van der Waals surface area contributed by atoms with Crippen molar-refractivity contribution in [1.82, 2.24) is 19.5 Å². The maximum absolute atomic E-state index is 12.6. The van der Waals surface area contributed by atoms with Gasteiger partial charge in [-0.2, -0.15) is 0 Å². The molecule has 1 aliphatic heterocycles. The van der Waals surface area contributed by atoms with E-state index in [0.29, 0.717) is 10.7 Å². The Kier molecular flexibility index (Phi) is 3.78. The van der Waals surface area contributed by atoms with Gasteiger partial charge in [0.05, 0.1) is 11.4 Å². The quantitative estimate of drug-likeness (QED) is 0.929. The molecule has 0 aliphatic carbocycles. The van der Waals surface area contributed by atoms with Gasteiger partial charge in [-0.1, -0.05) is 17.7 Å². The molecule has 7 heteroatoms. The summed E-state index contributed by atoms with van der Waals surface area (Å²) in [4.78, 5) is 0.360. The van der Waals surface area contributed by atoms with Crippen LogP contribution in [-0.4, -0.2) is 23.2 Å². The third kappa shape index (κ3) is 2.66. The molecule has 0 radical (unpaired) electrons. The number of fused-ring (bicyclic) bond motifs is 1. The monoisotopic (exact) mass is 320 g/mol. The van der Waals surface area contributed by atoms with Crippen molar-refractivity contribution in [2.75, 3.05) is 0 Å². The highest BCUT2D eigenvalue weighted by atomic mass is 32.2. The minimum Gasteiger partial charge on any atom is -0.314 e. The van der Waals surface area contributed by atoms with Gasteiger partial charge in [0.1, 0.15) is 11.6 Å². The van der Waals surface area contributed by atoms with Crippen molar-refractivity contribution in [2.45, 2.75) is 51.6 Å². The van der Waals surface area contributed by atoms with Gasteiger partial charge >= 0.3 is 0 Å². The van der Waals surface area contributed by atoms with Crippen molar-refractivity contribution < 1.29 is 8.42 Å². The first kappa shape index (κ1) is 15.2. The Morgan fingerprint density at radius 3 is 2.55 bits per heavy atom. The number of aryl methyl sites for hydroxylation is 4. The van der Waals surface area contributed by atoms with E-state index < -0.39 is 10.0 Å². The molecular formula is C15H20N4O2S. The number of sulfonamides is 1. The van der Waals surface area contributed by atoms with Gasteiger partial charge in [0.15, 0.2) is 0 Å². The lowest BCUT2D eigenvalue weighted by molar-refractivity contribution is 0.573. The first-order chi connectivity index (χ1) is 10.4.